The number of carbonyl (C=O) groups excluding carboxylic acids is 1. The van der Waals surface area contributed by atoms with Gasteiger partial charge in [-0.25, -0.2) is 18.7 Å². The zero-order valence-corrected chi connectivity index (χ0v) is 13.6. The molecule has 3 unspecified atom stereocenters. The van der Waals surface area contributed by atoms with Crippen molar-refractivity contribution in [3.8, 4) is 5.88 Å². The van der Waals surface area contributed by atoms with Crippen LogP contribution in [0.5, 0.6) is 5.88 Å². The van der Waals surface area contributed by atoms with Gasteiger partial charge in [-0.3, -0.25) is 9.00 Å². The van der Waals surface area contributed by atoms with Crippen LogP contribution in [0.15, 0.2) is 23.9 Å². The number of hydrogen-bond acceptors (Lipinski definition) is 5. The van der Waals surface area contributed by atoms with E-state index in [-0.39, 0.29) is 36.2 Å². The lowest BCUT2D eigenvalue weighted by molar-refractivity contribution is -0.0751. The average molecular weight is 357 g/mol. The molecule has 1 aromatic heterocycles. The molecule has 0 bridgehead atoms. The molecule has 1 fully saturated rings. The predicted octanol–water partition coefficient (Wildman–Crippen LogP) is 1.39. The van der Waals surface area contributed by atoms with E-state index in [0.29, 0.717) is 6.42 Å². The average Bonchev–Trinajstić information content (AvgIpc) is 3.01. The molecule has 1 aliphatic heterocycles. The number of alkyl halides is 2. The van der Waals surface area contributed by atoms with Crippen LogP contribution in [0.3, 0.4) is 0 Å². The van der Waals surface area contributed by atoms with Crippen molar-refractivity contribution in [1.29, 1.82) is 0 Å². The molecule has 1 saturated carbocycles. The summed E-state index contributed by atoms with van der Waals surface area (Å²) < 4.78 is 43.9. The van der Waals surface area contributed by atoms with Gasteiger partial charge in [0.25, 0.3) is 11.8 Å². The fourth-order valence-corrected chi connectivity index (χ4v) is 4.06. The Morgan fingerprint density at radius 2 is 2.21 bits per heavy atom. The Morgan fingerprint density at radius 1 is 1.42 bits per heavy atom. The highest BCUT2D eigenvalue weighted by molar-refractivity contribution is 8.03. The monoisotopic (exact) mass is 357 g/mol. The number of aromatic nitrogens is 2. The van der Waals surface area contributed by atoms with Gasteiger partial charge >= 0.3 is 0 Å². The number of nitrogens with one attached hydrogen (secondary N) is 1. The second kappa shape index (κ2) is 6.12. The van der Waals surface area contributed by atoms with Crippen molar-refractivity contribution in [3.05, 3.63) is 29.6 Å². The van der Waals surface area contributed by atoms with Crippen LogP contribution < -0.4 is 10.1 Å². The Balaban J connectivity index is 1.60. The molecule has 2 aliphatic rings. The maximum atomic E-state index is 13.5. The van der Waals surface area contributed by atoms with Crippen molar-refractivity contribution in [2.45, 2.75) is 37.3 Å². The lowest BCUT2D eigenvalue weighted by Gasteiger charge is -2.19. The van der Waals surface area contributed by atoms with Crippen molar-refractivity contribution in [2.24, 2.45) is 0 Å². The zero-order chi connectivity index (χ0) is 17.4. The van der Waals surface area contributed by atoms with Crippen molar-refractivity contribution in [1.82, 2.24) is 15.3 Å². The first-order valence-corrected chi connectivity index (χ1v) is 9.42. The summed E-state index contributed by atoms with van der Waals surface area (Å²) in [6, 6.07) is -0.377. The summed E-state index contributed by atoms with van der Waals surface area (Å²) in [6.07, 6.45) is 3.19. The lowest BCUT2D eigenvalue weighted by Crippen LogP contribution is -2.36. The summed E-state index contributed by atoms with van der Waals surface area (Å²) in [5.74, 6) is 0.393. The summed E-state index contributed by atoms with van der Waals surface area (Å²) in [7, 11) is -2.28. The quantitative estimate of drug-likeness (QED) is 0.824. The summed E-state index contributed by atoms with van der Waals surface area (Å²) in [4.78, 5) is 19.8. The third-order valence-corrected chi connectivity index (χ3v) is 5.48. The van der Waals surface area contributed by atoms with Gasteiger partial charge in [-0.05, 0) is 33.6 Å². The third kappa shape index (κ3) is 3.72. The summed E-state index contributed by atoms with van der Waals surface area (Å²) >= 11 is 0. The van der Waals surface area contributed by atoms with Gasteiger partial charge in [0.1, 0.15) is 5.69 Å². The summed E-state index contributed by atoms with van der Waals surface area (Å²) in [6.45, 7) is 0. The van der Waals surface area contributed by atoms with Gasteiger partial charge in [-0.1, -0.05) is 6.08 Å². The molecule has 3 rings (SSSR count). The Labute approximate surface area is 138 Å². The van der Waals surface area contributed by atoms with E-state index in [1.54, 1.807) is 6.08 Å². The molecule has 1 amide bonds. The smallest absolute Gasteiger partial charge is 0.284 e. The Morgan fingerprint density at radius 3 is 2.75 bits per heavy atom. The van der Waals surface area contributed by atoms with Crippen LogP contribution in [0.25, 0.3) is 0 Å². The fraction of sp³-hybridized carbons (Fsp3) is 0.467. The summed E-state index contributed by atoms with van der Waals surface area (Å²) in [5.41, 5.74) is 0.0244. The zero-order valence-electron chi connectivity index (χ0n) is 12.8. The molecule has 3 atom stereocenters. The highest BCUT2D eigenvalue weighted by atomic mass is 32.2. The van der Waals surface area contributed by atoms with Crippen LogP contribution in [0.2, 0.25) is 0 Å². The van der Waals surface area contributed by atoms with Crippen molar-refractivity contribution in [3.63, 3.8) is 0 Å². The molecule has 1 aliphatic carbocycles. The van der Waals surface area contributed by atoms with Gasteiger partial charge in [0.15, 0.2) is 6.10 Å². The number of hydrogen-bond donors (Lipinski definition) is 1. The molecule has 130 valence electrons. The maximum absolute atomic E-state index is 13.5. The van der Waals surface area contributed by atoms with E-state index in [1.807, 2.05) is 0 Å². The van der Waals surface area contributed by atoms with E-state index in [0.717, 1.165) is 12.4 Å². The SMILES string of the molecule is C=S1(=O)C=CC(NC(=O)c2cnc(OC3CCCC3(F)F)cn2)C1. The van der Waals surface area contributed by atoms with E-state index in [4.69, 9.17) is 4.74 Å². The molecule has 1 aromatic rings. The van der Waals surface area contributed by atoms with E-state index in [2.05, 4.69) is 21.2 Å². The van der Waals surface area contributed by atoms with E-state index < -0.39 is 27.5 Å². The first-order valence-electron chi connectivity index (χ1n) is 7.46. The van der Waals surface area contributed by atoms with Crippen molar-refractivity contribution < 1.29 is 22.5 Å². The number of carbonyl (C=O) groups is 1. The van der Waals surface area contributed by atoms with Gasteiger partial charge in [0, 0.05) is 12.2 Å². The van der Waals surface area contributed by atoms with Crippen LogP contribution in [-0.4, -0.2) is 49.8 Å². The van der Waals surface area contributed by atoms with Crippen LogP contribution in [-0.2, 0) is 9.52 Å². The molecule has 0 saturated heterocycles. The minimum atomic E-state index is -2.87. The summed E-state index contributed by atoms with van der Waals surface area (Å²) in [5, 5.41) is 4.14. The highest BCUT2D eigenvalue weighted by Gasteiger charge is 2.46. The highest BCUT2D eigenvalue weighted by Crippen LogP contribution is 2.37. The van der Waals surface area contributed by atoms with Gasteiger partial charge in [-0.2, -0.15) is 0 Å². The largest absolute Gasteiger partial charge is 0.467 e. The van der Waals surface area contributed by atoms with Gasteiger partial charge in [0.2, 0.25) is 5.88 Å². The Hall–Kier alpha value is -2.03. The second-order valence-corrected chi connectivity index (χ2v) is 8.29. The first-order chi connectivity index (χ1) is 11.3. The molecule has 9 heteroatoms. The normalized spacial score (nSPS) is 31.1. The number of ether oxygens (including phenoxy) is 1. The third-order valence-electron chi connectivity index (χ3n) is 3.91. The van der Waals surface area contributed by atoms with Crippen molar-refractivity contribution in [2.75, 3.05) is 5.75 Å². The minimum Gasteiger partial charge on any atom is -0.467 e. The van der Waals surface area contributed by atoms with Gasteiger partial charge in [-0.15, -0.1) is 0 Å². The molecule has 24 heavy (non-hydrogen) atoms. The van der Waals surface area contributed by atoms with E-state index in [9.17, 15) is 17.8 Å². The topological polar surface area (TPSA) is 81.2 Å². The number of halogens is 2. The van der Waals surface area contributed by atoms with Crippen molar-refractivity contribution >= 4 is 21.3 Å². The molecule has 1 N–H and O–H groups in total. The standard InChI is InChI=1S/C15H17F2N3O3S/c1-24(22)6-4-10(9-24)20-14(21)11-7-19-13(8-18-11)23-12-3-2-5-15(12,16)17/h4,6-8,10,12H,1-3,5,9H2,(H,20,21). The number of nitrogens with zero attached hydrogens (tertiary/aromatic N) is 2. The molecule has 0 spiro atoms. The lowest BCUT2D eigenvalue weighted by atomic mass is 10.2. The van der Waals surface area contributed by atoms with Crippen LogP contribution in [0.1, 0.15) is 29.8 Å². The Kier molecular flexibility index (Phi) is 4.29. The second-order valence-electron chi connectivity index (χ2n) is 5.94. The van der Waals surface area contributed by atoms with Crippen LogP contribution in [0.4, 0.5) is 8.78 Å². The molecule has 6 nitrogen and oxygen atoms in total. The van der Waals surface area contributed by atoms with E-state index >= 15 is 0 Å². The number of rotatable bonds is 4. The van der Waals surface area contributed by atoms with E-state index in [1.165, 1.54) is 5.41 Å². The molecule has 0 radical (unpaired) electrons. The predicted molar refractivity (Wildman–Crippen MR) is 85.8 cm³/mol. The number of amides is 1. The molecule has 0 aromatic carbocycles. The van der Waals surface area contributed by atoms with Gasteiger partial charge in [0.05, 0.1) is 18.4 Å². The first kappa shape index (κ1) is 16.8. The molecule has 2 heterocycles. The minimum absolute atomic E-state index is 0.0244. The van der Waals surface area contributed by atoms with Gasteiger partial charge < -0.3 is 10.1 Å². The Bertz CT molecular complexity index is 763. The molecular weight excluding hydrogens is 340 g/mol. The van der Waals surface area contributed by atoms with Crippen LogP contribution >= 0.6 is 0 Å². The maximum Gasteiger partial charge on any atom is 0.284 e. The fourth-order valence-electron chi connectivity index (χ4n) is 2.67. The van der Waals surface area contributed by atoms with Crippen LogP contribution in [0, 0.1) is 0 Å². The molecular formula is C15H17F2N3O3S.